The summed E-state index contributed by atoms with van der Waals surface area (Å²) in [6, 6.07) is 16.2. The highest BCUT2D eigenvalue weighted by Crippen LogP contribution is 2.28. The van der Waals surface area contributed by atoms with Crippen molar-refractivity contribution in [3.63, 3.8) is 0 Å². The minimum absolute atomic E-state index is 0.0634. The lowest BCUT2D eigenvalue weighted by Crippen LogP contribution is -2.49. The Bertz CT molecular complexity index is 950. The largest absolute Gasteiger partial charge is 0.425 e. The van der Waals surface area contributed by atoms with Crippen molar-refractivity contribution in [1.29, 1.82) is 0 Å². The first-order valence-electron chi connectivity index (χ1n) is 9.73. The zero-order valence-corrected chi connectivity index (χ0v) is 16.3. The summed E-state index contributed by atoms with van der Waals surface area (Å²) in [4.78, 5) is 17.1. The van der Waals surface area contributed by atoms with Gasteiger partial charge in [0.25, 0.3) is 0 Å². The van der Waals surface area contributed by atoms with Gasteiger partial charge in [0.05, 0.1) is 5.92 Å². The first-order chi connectivity index (χ1) is 14.1. The Kier molecular flexibility index (Phi) is 5.55. The number of nitrogens with zero attached hydrogens (tertiary/aromatic N) is 4. The van der Waals surface area contributed by atoms with Crippen LogP contribution in [-0.2, 0) is 4.79 Å². The van der Waals surface area contributed by atoms with Crippen molar-refractivity contribution < 1.29 is 13.6 Å². The maximum atomic E-state index is 13.1. The maximum Gasteiger partial charge on any atom is 0.224 e. The summed E-state index contributed by atoms with van der Waals surface area (Å²) in [5, 5.41) is 8.08. The second kappa shape index (κ2) is 8.43. The van der Waals surface area contributed by atoms with Crippen LogP contribution in [0.5, 0.6) is 0 Å². The average molecular weight is 394 g/mol. The molecule has 3 aromatic rings. The third-order valence-electron chi connectivity index (χ3n) is 5.24. The van der Waals surface area contributed by atoms with E-state index >= 15 is 0 Å². The van der Waals surface area contributed by atoms with Crippen LogP contribution >= 0.6 is 0 Å². The fourth-order valence-corrected chi connectivity index (χ4v) is 3.66. The lowest BCUT2D eigenvalue weighted by Gasteiger charge is -2.36. The van der Waals surface area contributed by atoms with Crippen LogP contribution < -0.4 is 4.90 Å². The van der Waals surface area contributed by atoms with Crippen molar-refractivity contribution in [3.8, 4) is 0 Å². The van der Waals surface area contributed by atoms with Crippen molar-refractivity contribution in [2.24, 2.45) is 0 Å². The molecule has 1 atom stereocenters. The smallest absolute Gasteiger partial charge is 0.224 e. The molecule has 0 aliphatic carbocycles. The number of aromatic nitrogens is 2. The van der Waals surface area contributed by atoms with Crippen molar-refractivity contribution >= 4 is 11.6 Å². The first kappa shape index (κ1) is 19.1. The number of carbonyl (C=O) groups excluding carboxylic acids is 1. The van der Waals surface area contributed by atoms with Gasteiger partial charge in [0.15, 0.2) is 0 Å². The number of hydrogen-bond acceptors (Lipinski definition) is 5. The number of anilines is 1. The second-order valence-electron chi connectivity index (χ2n) is 7.17. The predicted molar refractivity (Wildman–Crippen MR) is 107 cm³/mol. The van der Waals surface area contributed by atoms with E-state index in [4.69, 9.17) is 4.42 Å². The molecule has 1 unspecified atom stereocenters. The third-order valence-corrected chi connectivity index (χ3v) is 5.24. The van der Waals surface area contributed by atoms with Crippen LogP contribution in [0.25, 0.3) is 0 Å². The van der Waals surface area contributed by atoms with Gasteiger partial charge in [-0.15, -0.1) is 10.2 Å². The van der Waals surface area contributed by atoms with Crippen molar-refractivity contribution in [1.82, 2.24) is 15.1 Å². The molecule has 1 aliphatic rings. The molecular weight excluding hydrogens is 371 g/mol. The highest BCUT2D eigenvalue weighted by atomic mass is 19.1. The molecule has 4 rings (SSSR count). The molecule has 2 aromatic carbocycles. The number of benzene rings is 2. The van der Waals surface area contributed by atoms with E-state index < -0.39 is 0 Å². The number of aryl methyl sites for hydroxylation is 1. The first-order valence-corrected chi connectivity index (χ1v) is 9.73. The Balaban J connectivity index is 1.43. The Morgan fingerprint density at radius 3 is 2.34 bits per heavy atom. The molecule has 150 valence electrons. The molecule has 0 radical (unpaired) electrons. The van der Waals surface area contributed by atoms with Gasteiger partial charge in [0, 0.05) is 45.2 Å². The Morgan fingerprint density at radius 2 is 1.72 bits per heavy atom. The number of carbonyl (C=O) groups is 1. The molecule has 0 N–H and O–H groups in total. The van der Waals surface area contributed by atoms with E-state index in [9.17, 15) is 9.18 Å². The number of halogens is 1. The van der Waals surface area contributed by atoms with E-state index in [0.717, 1.165) is 11.3 Å². The number of rotatable bonds is 5. The van der Waals surface area contributed by atoms with Crippen LogP contribution in [0.2, 0.25) is 0 Å². The maximum absolute atomic E-state index is 13.1. The minimum atomic E-state index is -0.264. The standard InChI is InChI=1S/C22H23FN4O2/c1-16-24-25-22(29-16)20(17-5-3-2-4-6-17)15-21(28)27-13-11-26(12-14-27)19-9-7-18(23)8-10-19/h2-10,20H,11-15H2,1H3. The highest BCUT2D eigenvalue weighted by Gasteiger charge is 2.28. The number of amides is 1. The van der Waals surface area contributed by atoms with Crippen LogP contribution in [0.4, 0.5) is 10.1 Å². The normalized spacial score (nSPS) is 15.4. The molecule has 0 bridgehead atoms. The molecule has 1 amide bonds. The molecule has 1 aliphatic heterocycles. The zero-order chi connectivity index (χ0) is 20.2. The average Bonchev–Trinajstić information content (AvgIpc) is 3.19. The summed E-state index contributed by atoms with van der Waals surface area (Å²) in [5.41, 5.74) is 1.96. The lowest BCUT2D eigenvalue weighted by molar-refractivity contribution is -0.131. The Morgan fingerprint density at radius 1 is 1.03 bits per heavy atom. The van der Waals surface area contributed by atoms with Gasteiger partial charge >= 0.3 is 0 Å². The number of hydrogen-bond donors (Lipinski definition) is 0. The van der Waals surface area contributed by atoms with Gasteiger partial charge in [-0.1, -0.05) is 30.3 Å². The molecule has 1 aromatic heterocycles. The molecule has 0 spiro atoms. The van der Waals surface area contributed by atoms with Gasteiger partial charge in [0.2, 0.25) is 17.7 Å². The molecular formula is C22H23FN4O2. The van der Waals surface area contributed by atoms with Gasteiger partial charge in [-0.3, -0.25) is 4.79 Å². The third kappa shape index (κ3) is 4.45. The summed E-state index contributed by atoms with van der Waals surface area (Å²) in [7, 11) is 0. The monoisotopic (exact) mass is 394 g/mol. The molecule has 7 heteroatoms. The Labute approximate surface area is 169 Å². The lowest BCUT2D eigenvalue weighted by atomic mass is 9.95. The van der Waals surface area contributed by atoms with E-state index in [2.05, 4.69) is 15.1 Å². The van der Waals surface area contributed by atoms with Crippen LogP contribution in [0.1, 0.15) is 29.7 Å². The van der Waals surface area contributed by atoms with Gasteiger partial charge < -0.3 is 14.2 Å². The summed E-state index contributed by atoms with van der Waals surface area (Å²) >= 11 is 0. The SMILES string of the molecule is Cc1nnc(C(CC(=O)N2CCN(c3ccc(F)cc3)CC2)c2ccccc2)o1. The predicted octanol–water partition coefficient (Wildman–Crippen LogP) is 3.39. The molecule has 1 fully saturated rings. The van der Waals surface area contributed by atoms with Crippen molar-refractivity contribution in [2.45, 2.75) is 19.3 Å². The van der Waals surface area contributed by atoms with E-state index in [1.807, 2.05) is 35.2 Å². The van der Waals surface area contributed by atoms with E-state index in [1.165, 1.54) is 12.1 Å². The van der Waals surface area contributed by atoms with Crippen LogP contribution in [0.3, 0.4) is 0 Å². The van der Waals surface area contributed by atoms with Gasteiger partial charge in [-0.2, -0.15) is 0 Å². The topological polar surface area (TPSA) is 62.5 Å². The van der Waals surface area contributed by atoms with Crippen LogP contribution in [0, 0.1) is 12.7 Å². The highest BCUT2D eigenvalue weighted by molar-refractivity contribution is 5.78. The summed E-state index contributed by atoms with van der Waals surface area (Å²) in [5.74, 6) is 0.507. The molecule has 1 saturated heterocycles. The fraction of sp³-hybridized carbons (Fsp3) is 0.318. The van der Waals surface area contributed by atoms with E-state index in [1.54, 1.807) is 19.1 Å². The second-order valence-corrected chi connectivity index (χ2v) is 7.17. The van der Waals surface area contributed by atoms with Gasteiger partial charge in [-0.25, -0.2) is 4.39 Å². The zero-order valence-electron chi connectivity index (χ0n) is 16.3. The van der Waals surface area contributed by atoms with Crippen molar-refractivity contribution in [3.05, 3.63) is 77.8 Å². The van der Waals surface area contributed by atoms with Crippen LogP contribution in [-0.4, -0.2) is 47.2 Å². The summed E-state index contributed by atoms with van der Waals surface area (Å²) in [6.45, 7) is 4.43. The van der Waals surface area contributed by atoms with E-state index in [0.29, 0.717) is 38.0 Å². The van der Waals surface area contributed by atoms with Crippen LogP contribution in [0.15, 0.2) is 59.0 Å². The summed E-state index contributed by atoms with van der Waals surface area (Å²) < 4.78 is 18.8. The fourth-order valence-electron chi connectivity index (χ4n) is 3.66. The molecule has 2 heterocycles. The Hall–Kier alpha value is -3.22. The van der Waals surface area contributed by atoms with Gasteiger partial charge in [-0.05, 0) is 29.8 Å². The molecule has 0 saturated carbocycles. The molecule has 6 nitrogen and oxygen atoms in total. The number of piperazine rings is 1. The van der Waals surface area contributed by atoms with Gasteiger partial charge in [0.1, 0.15) is 5.82 Å². The minimum Gasteiger partial charge on any atom is -0.425 e. The quantitative estimate of drug-likeness (QED) is 0.664. The van der Waals surface area contributed by atoms with Crippen molar-refractivity contribution in [2.75, 3.05) is 31.1 Å². The summed E-state index contributed by atoms with van der Waals surface area (Å²) in [6.07, 6.45) is 0.280. The van der Waals surface area contributed by atoms with E-state index in [-0.39, 0.29) is 24.1 Å². The molecule has 29 heavy (non-hydrogen) atoms.